The number of aromatic nitrogens is 2. The summed E-state index contributed by atoms with van der Waals surface area (Å²) in [7, 11) is -4.57. The first-order valence-electron chi connectivity index (χ1n) is 30.2. The third-order valence-electron chi connectivity index (χ3n) is 17.8. The van der Waals surface area contributed by atoms with E-state index in [1.807, 2.05) is 30.3 Å². The van der Waals surface area contributed by atoms with Crippen molar-refractivity contribution in [1.29, 1.82) is 0 Å². The smallest absolute Gasteiger partial charge is 0.268 e. The van der Waals surface area contributed by atoms with E-state index in [2.05, 4.69) is 72.1 Å². The summed E-state index contributed by atoms with van der Waals surface area (Å²) in [6.07, 6.45) is 15.2. The molecule has 86 heavy (non-hydrogen) atoms. The van der Waals surface area contributed by atoms with Crippen molar-refractivity contribution in [2.75, 3.05) is 74.3 Å². The molecule has 4 amide bonds. The SMILES string of the molecule is CC1(C)CCC(CN2CCN(c3ccc(C(=O)NS(=O)(=O)c4ccc(NCC5CCCN(CCCCCCCc6cccc7c6CN(C6CCC(=O)NC6=O)C7=O)C5)c(N(O)O)c4)c(Oc4cnc5[nH]ccc5c4)c3)CC2)=C(c2ccc(Cl)cc2)C1. The molecule has 6 aromatic rings. The fourth-order valence-corrected chi connectivity index (χ4v) is 14.2. The number of anilines is 3. The molecule has 19 nitrogen and oxygen atoms in total. The van der Waals surface area contributed by atoms with Crippen molar-refractivity contribution in [3.8, 4) is 11.5 Å². The third-order valence-corrected chi connectivity index (χ3v) is 19.4. The first-order chi connectivity index (χ1) is 41.4. The average Bonchev–Trinajstić information content (AvgIpc) is 2.84. The molecule has 0 saturated carbocycles. The van der Waals surface area contributed by atoms with Crippen molar-refractivity contribution in [2.24, 2.45) is 11.3 Å². The Balaban J connectivity index is 0.675. The number of H-pyrrole nitrogens is 1. The second kappa shape index (κ2) is 26.3. The molecule has 2 unspecified atom stereocenters. The number of likely N-dealkylation sites (tertiary alicyclic amines) is 1. The van der Waals surface area contributed by atoms with Crippen LogP contribution in [-0.4, -0.2) is 132 Å². The minimum atomic E-state index is -4.57. The average molecular weight is 1210 g/mol. The first kappa shape index (κ1) is 60.4. The van der Waals surface area contributed by atoms with Gasteiger partial charge in [0, 0.05) is 92.7 Å². The Kier molecular flexibility index (Phi) is 18.5. The van der Waals surface area contributed by atoms with E-state index in [1.165, 1.54) is 35.0 Å². The molecule has 0 spiro atoms. The van der Waals surface area contributed by atoms with Crippen molar-refractivity contribution in [2.45, 2.75) is 115 Å². The number of hydrogen-bond donors (Lipinski definition) is 6. The van der Waals surface area contributed by atoms with E-state index in [0.717, 1.165) is 156 Å². The van der Waals surface area contributed by atoms with Gasteiger partial charge in [-0.25, -0.2) is 18.1 Å². The van der Waals surface area contributed by atoms with Gasteiger partial charge in [-0.1, -0.05) is 74.5 Å². The van der Waals surface area contributed by atoms with Crippen LogP contribution in [0.5, 0.6) is 11.5 Å². The number of amides is 4. The molecule has 2 aromatic heterocycles. The standard InChI is InChI=1S/C65H77ClN10O9S/c1-65(2)26-24-47(54(37-65)45-14-16-48(66)17-15-45)41-73-30-32-74(33-31-73)49-18-20-53(59(35-49)85-50-34-46-25-27-67-61(46)69-39-50)62(78)71-86(83,84)51-19-21-56(58(36-51)76(81)82)68-38-43-10-9-29-72(40-43)28-7-5-3-4-6-11-44-12-8-13-52-55(44)42-75(64(52)80)57-22-23-60(77)70-63(57)79/h8,12-21,25,27,34-36,39,43,57,68,81-82H,3-7,9-11,22-24,26,28-33,37-38,40-42H2,1-2H3,(H,67,69)(H,71,78)(H,70,77,79). The minimum absolute atomic E-state index is 0.0242. The Labute approximate surface area is 507 Å². The number of carbonyl (C=O) groups excluding carboxylic acids is 4. The highest BCUT2D eigenvalue weighted by Gasteiger charge is 2.40. The number of hydrogen-bond acceptors (Lipinski definition) is 15. The summed E-state index contributed by atoms with van der Waals surface area (Å²) in [5.74, 6) is -1.03. The lowest BCUT2D eigenvalue weighted by molar-refractivity contribution is -0.136. The molecular formula is C65H77ClN10O9S. The van der Waals surface area contributed by atoms with E-state index in [4.69, 9.17) is 16.3 Å². The quantitative estimate of drug-likeness (QED) is 0.0211. The Hall–Kier alpha value is -7.33. The van der Waals surface area contributed by atoms with Gasteiger partial charge in [-0.05, 0) is 165 Å². The normalized spacial score (nSPS) is 19.4. The van der Waals surface area contributed by atoms with Gasteiger partial charge in [0.2, 0.25) is 11.8 Å². The van der Waals surface area contributed by atoms with Gasteiger partial charge >= 0.3 is 0 Å². The predicted molar refractivity (Wildman–Crippen MR) is 331 cm³/mol. The largest absolute Gasteiger partial charge is 0.455 e. The zero-order valence-electron chi connectivity index (χ0n) is 49.0. The maximum atomic E-state index is 14.2. The third kappa shape index (κ3) is 14.2. The van der Waals surface area contributed by atoms with Gasteiger partial charge in [-0.2, -0.15) is 0 Å². The number of pyridine rings is 1. The Morgan fingerprint density at radius 2 is 1.69 bits per heavy atom. The Bertz CT molecular complexity index is 3640. The summed E-state index contributed by atoms with van der Waals surface area (Å²) in [5.41, 5.74) is 8.65. The lowest BCUT2D eigenvalue weighted by Crippen LogP contribution is -2.52. The number of carbonyl (C=O) groups is 4. The van der Waals surface area contributed by atoms with Crippen LogP contribution >= 0.6 is 11.6 Å². The second-order valence-corrected chi connectivity index (χ2v) is 26.6. The maximum Gasteiger partial charge on any atom is 0.268 e. The van der Waals surface area contributed by atoms with Crippen LogP contribution in [0.15, 0.2) is 114 Å². The number of unbranched alkanes of at least 4 members (excludes halogenated alkanes) is 4. The molecule has 3 fully saturated rings. The fraction of sp³-hybridized carbons (Fsp3) is 0.431. The molecule has 6 N–H and O–H groups in total. The summed E-state index contributed by atoms with van der Waals surface area (Å²) in [5, 5.41) is 27.9. The molecule has 1 aliphatic carbocycles. The molecule has 4 aliphatic heterocycles. The van der Waals surface area contributed by atoms with Crippen molar-refractivity contribution >= 4 is 78.9 Å². The highest BCUT2D eigenvalue weighted by Crippen LogP contribution is 2.44. The number of halogens is 1. The van der Waals surface area contributed by atoms with Crippen molar-refractivity contribution in [3.05, 3.63) is 142 Å². The number of fused-ring (bicyclic) bond motifs is 2. The maximum absolute atomic E-state index is 14.2. The molecular weight excluding hydrogens is 1130 g/mol. The molecule has 4 aromatic carbocycles. The highest BCUT2D eigenvalue weighted by atomic mass is 35.5. The lowest BCUT2D eigenvalue weighted by Gasteiger charge is -2.39. The van der Waals surface area contributed by atoms with Crippen LogP contribution in [0.4, 0.5) is 17.1 Å². The van der Waals surface area contributed by atoms with Gasteiger partial charge in [-0.15, -0.1) is 5.23 Å². The van der Waals surface area contributed by atoms with E-state index < -0.39 is 27.9 Å². The number of nitrogens with one attached hydrogen (secondary N) is 4. The Morgan fingerprint density at radius 1 is 0.884 bits per heavy atom. The number of piperazine rings is 1. The zero-order valence-corrected chi connectivity index (χ0v) is 50.5. The van der Waals surface area contributed by atoms with E-state index in [-0.39, 0.29) is 56.7 Å². The van der Waals surface area contributed by atoms with Crippen LogP contribution in [0.25, 0.3) is 16.6 Å². The first-order valence-corrected chi connectivity index (χ1v) is 32.1. The van der Waals surface area contributed by atoms with Gasteiger partial charge in [0.05, 0.1) is 22.3 Å². The van der Waals surface area contributed by atoms with Gasteiger partial charge in [-0.3, -0.25) is 39.8 Å². The van der Waals surface area contributed by atoms with Gasteiger partial charge in [0.1, 0.15) is 28.9 Å². The number of rotatable bonds is 22. The second-order valence-electron chi connectivity index (χ2n) is 24.5. The number of sulfonamides is 1. The summed E-state index contributed by atoms with van der Waals surface area (Å²) in [4.78, 5) is 67.7. The lowest BCUT2D eigenvalue weighted by atomic mass is 9.72. The predicted octanol–water partition coefficient (Wildman–Crippen LogP) is 10.6. The molecule has 2 atom stereocenters. The van der Waals surface area contributed by atoms with Crippen LogP contribution in [0.1, 0.15) is 128 Å². The Morgan fingerprint density at radius 3 is 2.49 bits per heavy atom. The number of nitrogens with zero attached hydrogens (tertiary/aromatic N) is 6. The van der Waals surface area contributed by atoms with E-state index >= 15 is 0 Å². The molecule has 5 aliphatic rings. The highest BCUT2D eigenvalue weighted by molar-refractivity contribution is 7.90. The number of piperidine rings is 2. The van der Waals surface area contributed by atoms with E-state index in [0.29, 0.717) is 42.2 Å². The van der Waals surface area contributed by atoms with Crippen LogP contribution in [-0.2, 0) is 32.6 Å². The van der Waals surface area contributed by atoms with E-state index in [9.17, 15) is 38.0 Å². The number of aryl methyl sites for hydroxylation is 1. The number of allylic oxidation sites excluding steroid dienone is 1. The van der Waals surface area contributed by atoms with E-state index in [1.54, 1.807) is 35.4 Å². The molecule has 0 radical (unpaired) electrons. The fourth-order valence-electron chi connectivity index (χ4n) is 13.1. The molecule has 0 bridgehead atoms. The molecule has 6 heterocycles. The zero-order chi connectivity index (χ0) is 60.1. The van der Waals surface area contributed by atoms with Crippen molar-refractivity contribution in [1.82, 2.24) is 34.7 Å². The van der Waals surface area contributed by atoms with Crippen molar-refractivity contribution in [3.63, 3.8) is 0 Å². The topological polar surface area (TPSA) is 233 Å². The summed E-state index contributed by atoms with van der Waals surface area (Å²) >= 11 is 6.28. The van der Waals surface area contributed by atoms with Crippen LogP contribution in [0.2, 0.25) is 5.02 Å². The van der Waals surface area contributed by atoms with Crippen LogP contribution in [0.3, 0.4) is 0 Å². The number of benzene rings is 4. The monoisotopic (exact) mass is 1210 g/mol. The van der Waals surface area contributed by atoms with Crippen LogP contribution in [0, 0.1) is 11.3 Å². The van der Waals surface area contributed by atoms with Crippen LogP contribution < -0.4 is 30.2 Å². The number of imide groups is 1. The van der Waals surface area contributed by atoms with Gasteiger partial charge in [0.25, 0.3) is 21.8 Å². The molecule has 3 saturated heterocycles. The number of aromatic amines is 1. The molecule has 11 rings (SSSR count). The molecule has 21 heteroatoms. The summed E-state index contributed by atoms with van der Waals surface area (Å²) < 4.78 is 36.7. The minimum Gasteiger partial charge on any atom is -0.455 e. The van der Waals surface area contributed by atoms with Crippen molar-refractivity contribution < 1.29 is 42.7 Å². The molecule has 454 valence electrons. The summed E-state index contributed by atoms with van der Waals surface area (Å²) in [6, 6.07) is 26.1. The van der Waals surface area contributed by atoms with Gasteiger partial charge in [0.15, 0.2) is 0 Å². The number of ether oxygens (including phenoxy) is 1. The summed E-state index contributed by atoms with van der Waals surface area (Å²) in [6.45, 7) is 12.3. The van der Waals surface area contributed by atoms with Gasteiger partial charge < -0.3 is 29.7 Å².